The van der Waals surface area contributed by atoms with Gasteiger partial charge >= 0.3 is 5.97 Å². The second-order valence-corrected chi connectivity index (χ2v) is 12.4. The van der Waals surface area contributed by atoms with E-state index in [0.717, 1.165) is 17.7 Å². The van der Waals surface area contributed by atoms with Gasteiger partial charge in [-0.05, 0) is 36.2 Å². The number of hydrogen-bond donors (Lipinski definition) is 0. The average molecular weight is 321 g/mol. The van der Waals surface area contributed by atoms with Crippen LogP contribution in [0.25, 0.3) is 0 Å². The van der Waals surface area contributed by atoms with Crippen LogP contribution in [-0.2, 0) is 20.6 Å². The standard InChI is InChI=1S/C17H27NO3Si/c1-17(2,3)22(5,6)21-11-12-7-8-15(18-10-12)13-9-14(13)16(19)20-4/h7-8,10,13-14H,9,11H2,1-6H3. The Hall–Kier alpha value is -1.20. The maximum atomic E-state index is 11.5. The fourth-order valence-corrected chi connectivity index (χ4v) is 3.12. The van der Waals surface area contributed by atoms with E-state index in [9.17, 15) is 4.79 Å². The molecule has 0 N–H and O–H groups in total. The number of methoxy groups -OCH3 is 1. The molecule has 2 atom stereocenters. The highest BCUT2D eigenvalue weighted by atomic mass is 28.4. The molecule has 2 rings (SSSR count). The zero-order chi connectivity index (χ0) is 16.5. The Morgan fingerprint density at radius 3 is 2.55 bits per heavy atom. The van der Waals surface area contributed by atoms with Crippen molar-refractivity contribution in [2.75, 3.05) is 7.11 Å². The SMILES string of the molecule is COC(=O)C1CC1c1ccc(CO[Si](C)(C)C(C)(C)C)cn1. The van der Waals surface area contributed by atoms with Gasteiger partial charge in [-0.3, -0.25) is 9.78 Å². The summed E-state index contributed by atoms with van der Waals surface area (Å²) >= 11 is 0. The molecular formula is C17H27NO3Si. The Morgan fingerprint density at radius 1 is 1.36 bits per heavy atom. The van der Waals surface area contributed by atoms with Crippen LogP contribution >= 0.6 is 0 Å². The molecule has 0 saturated heterocycles. The average Bonchev–Trinajstić information content (AvgIpc) is 3.24. The van der Waals surface area contributed by atoms with Gasteiger partial charge in [0.15, 0.2) is 8.32 Å². The maximum Gasteiger partial charge on any atom is 0.309 e. The summed E-state index contributed by atoms with van der Waals surface area (Å²) in [6, 6.07) is 4.07. The van der Waals surface area contributed by atoms with Crippen LogP contribution < -0.4 is 0 Å². The Morgan fingerprint density at radius 2 is 2.05 bits per heavy atom. The number of pyridine rings is 1. The van der Waals surface area contributed by atoms with E-state index in [0.29, 0.717) is 6.61 Å². The van der Waals surface area contributed by atoms with Gasteiger partial charge in [0.1, 0.15) is 0 Å². The second-order valence-electron chi connectivity index (χ2n) is 7.61. The van der Waals surface area contributed by atoms with Crippen LogP contribution in [0.2, 0.25) is 18.1 Å². The van der Waals surface area contributed by atoms with Crippen LogP contribution in [0.15, 0.2) is 18.3 Å². The number of aromatic nitrogens is 1. The molecule has 2 unspecified atom stereocenters. The third-order valence-electron chi connectivity index (χ3n) is 4.93. The largest absolute Gasteiger partial charge is 0.469 e. The summed E-state index contributed by atoms with van der Waals surface area (Å²) in [4.78, 5) is 16.0. The van der Waals surface area contributed by atoms with Crippen molar-refractivity contribution in [3.63, 3.8) is 0 Å². The quantitative estimate of drug-likeness (QED) is 0.610. The van der Waals surface area contributed by atoms with Crippen molar-refractivity contribution in [1.29, 1.82) is 0 Å². The van der Waals surface area contributed by atoms with Gasteiger partial charge in [0.2, 0.25) is 0 Å². The molecule has 0 aromatic carbocycles. The molecule has 1 fully saturated rings. The highest BCUT2D eigenvalue weighted by Gasteiger charge is 2.45. The molecule has 1 aromatic heterocycles. The third-order valence-corrected chi connectivity index (χ3v) is 9.41. The van der Waals surface area contributed by atoms with Gasteiger partial charge in [-0.25, -0.2) is 0 Å². The number of ether oxygens (including phenoxy) is 1. The van der Waals surface area contributed by atoms with E-state index in [1.54, 1.807) is 0 Å². The van der Waals surface area contributed by atoms with Gasteiger partial charge in [0, 0.05) is 17.8 Å². The van der Waals surface area contributed by atoms with Crippen molar-refractivity contribution in [3.05, 3.63) is 29.6 Å². The minimum absolute atomic E-state index is 0.00756. The Bertz CT molecular complexity index is 534. The van der Waals surface area contributed by atoms with Crippen LogP contribution in [0.1, 0.15) is 44.4 Å². The smallest absolute Gasteiger partial charge is 0.309 e. The lowest BCUT2D eigenvalue weighted by atomic mass is 10.2. The van der Waals surface area contributed by atoms with E-state index in [4.69, 9.17) is 9.16 Å². The fraction of sp³-hybridized carbons (Fsp3) is 0.647. The maximum absolute atomic E-state index is 11.5. The van der Waals surface area contributed by atoms with E-state index in [-0.39, 0.29) is 22.8 Å². The summed E-state index contributed by atoms with van der Waals surface area (Å²) in [6.45, 7) is 11.8. The van der Waals surface area contributed by atoms with Crippen LogP contribution in [-0.4, -0.2) is 26.4 Å². The summed E-state index contributed by atoms with van der Waals surface area (Å²) in [7, 11) is -0.294. The van der Waals surface area contributed by atoms with Crippen LogP contribution in [0.4, 0.5) is 0 Å². The monoisotopic (exact) mass is 321 g/mol. The van der Waals surface area contributed by atoms with Gasteiger partial charge in [-0.15, -0.1) is 0 Å². The van der Waals surface area contributed by atoms with Gasteiger partial charge < -0.3 is 9.16 Å². The molecule has 1 aromatic rings. The highest BCUT2D eigenvalue weighted by molar-refractivity contribution is 6.74. The molecule has 0 bridgehead atoms. The first-order valence-electron chi connectivity index (χ1n) is 7.82. The molecule has 1 aliphatic rings. The molecule has 1 heterocycles. The van der Waals surface area contributed by atoms with E-state index >= 15 is 0 Å². The molecule has 22 heavy (non-hydrogen) atoms. The summed E-state index contributed by atoms with van der Waals surface area (Å²) < 4.78 is 11.0. The van der Waals surface area contributed by atoms with Crippen molar-refractivity contribution in [3.8, 4) is 0 Å². The first kappa shape index (κ1) is 17.2. The number of rotatable bonds is 5. The Kier molecular flexibility index (Phi) is 4.78. The van der Waals surface area contributed by atoms with E-state index < -0.39 is 8.32 Å². The van der Waals surface area contributed by atoms with Crippen LogP contribution in [0, 0.1) is 5.92 Å². The number of carbonyl (C=O) groups is 1. The van der Waals surface area contributed by atoms with Crippen LogP contribution in [0.5, 0.6) is 0 Å². The van der Waals surface area contributed by atoms with Crippen LogP contribution in [0.3, 0.4) is 0 Å². The normalized spacial score (nSPS) is 21.5. The Balaban J connectivity index is 1.92. The predicted octanol–water partition coefficient (Wildman–Crippen LogP) is 3.88. The number of nitrogens with zero attached hydrogens (tertiary/aromatic N) is 1. The predicted molar refractivity (Wildman–Crippen MR) is 89.1 cm³/mol. The molecule has 1 saturated carbocycles. The lowest BCUT2D eigenvalue weighted by molar-refractivity contribution is -0.142. The second kappa shape index (κ2) is 6.12. The number of hydrogen-bond acceptors (Lipinski definition) is 4. The number of carbonyl (C=O) groups excluding carboxylic acids is 1. The van der Waals surface area contributed by atoms with Crippen molar-refractivity contribution in [2.24, 2.45) is 5.92 Å². The van der Waals surface area contributed by atoms with Crippen molar-refractivity contribution in [1.82, 2.24) is 4.98 Å². The summed E-state index contributed by atoms with van der Waals surface area (Å²) in [5, 5.41) is 0.210. The van der Waals surface area contributed by atoms with Gasteiger partial charge in [0.25, 0.3) is 0 Å². The molecule has 4 nitrogen and oxygen atoms in total. The first-order valence-corrected chi connectivity index (χ1v) is 10.7. The molecule has 0 aliphatic heterocycles. The zero-order valence-electron chi connectivity index (χ0n) is 14.5. The third kappa shape index (κ3) is 3.76. The van der Waals surface area contributed by atoms with Gasteiger partial charge in [0.05, 0.1) is 19.6 Å². The highest BCUT2D eigenvalue weighted by Crippen LogP contribution is 2.47. The molecule has 0 spiro atoms. The summed E-state index contributed by atoms with van der Waals surface area (Å²) in [6.07, 6.45) is 2.72. The molecule has 5 heteroatoms. The topological polar surface area (TPSA) is 48.4 Å². The zero-order valence-corrected chi connectivity index (χ0v) is 15.5. The lowest BCUT2D eigenvalue weighted by Gasteiger charge is -2.36. The van der Waals surface area contributed by atoms with Crippen molar-refractivity contribution < 1.29 is 14.0 Å². The number of esters is 1. The molecule has 0 radical (unpaired) electrons. The Labute approximate surface area is 134 Å². The lowest BCUT2D eigenvalue weighted by Crippen LogP contribution is -2.40. The van der Waals surface area contributed by atoms with Gasteiger partial charge in [-0.1, -0.05) is 26.8 Å². The van der Waals surface area contributed by atoms with E-state index in [1.165, 1.54) is 7.11 Å². The molecule has 0 amide bonds. The first-order chi connectivity index (χ1) is 10.2. The minimum Gasteiger partial charge on any atom is -0.469 e. The summed E-state index contributed by atoms with van der Waals surface area (Å²) in [5.74, 6) is 0.0896. The molecule has 122 valence electrons. The fourth-order valence-electron chi connectivity index (χ4n) is 2.15. The molecular weight excluding hydrogens is 294 g/mol. The van der Waals surface area contributed by atoms with Gasteiger partial charge in [-0.2, -0.15) is 0 Å². The minimum atomic E-state index is -1.73. The van der Waals surface area contributed by atoms with Crippen molar-refractivity contribution in [2.45, 2.75) is 57.8 Å². The summed E-state index contributed by atoms with van der Waals surface area (Å²) in [5.41, 5.74) is 2.07. The van der Waals surface area contributed by atoms with E-state index in [1.807, 2.05) is 12.3 Å². The molecule has 1 aliphatic carbocycles. The van der Waals surface area contributed by atoms with E-state index in [2.05, 4.69) is 44.9 Å². The van der Waals surface area contributed by atoms with Crippen molar-refractivity contribution >= 4 is 14.3 Å².